The van der Waals surface area contributed by atoms with Gasteiger partial charge in [-0.2, -0.15) is 0 Å². The molecule has 0 unspecified atom stereocenters. The lowest BCUT2D eigenvalue weighted by Gasteiger charge is -2.12. The molecule has 146 valence electrons. The van der Waals surface area contributed by atoms with E-state index in [1.807, 2.05) is 6.07 Å². The van der Waals surface area contributed by atoms with Crippen molar-refractivity contribution < 1.29 is 19.0 Å². The van der Waals surface area contributed by atoms with E-state index in [9.17, 15) is 4.79 Å². The average molecular weight is 436 g/mol. The first-order valence-corrected chi connectivity index (χ1v) is 9.99. The minimum atomic E-state index is -0.130. The summed E-state index contributed by atoms with van der Waals surface area (Å²) in [5.41, 5.74) is 0.736. The van der Waals surface area contributed by atoms with E-state index < -0.39 is 0 Å². The summed E-state index contributed by atoms with van der Waals surface area (Å²) in [6.07, 6.45) is 1.76. The van der Waals surface area contributed by atoms with Gasteiger partial charge in [0, 0.05) is 17.6 Å². The number of nitrogens with zero attached hydrogens (tertiary/aromatic N) is 1. The second-order valence-corrected chi connectivity index (χ2v) is 7.91. The molecule has 0 spiro atoms. The van der Waals surface area contributed by atoms with Gasteiger partial charge in [0.2, 0.25) is 0 Å². The lowest BCUT2D eigenvalue weighted by molar-refractivity contribution is -0.121. The van der Waals surface area contributed by atoms with Crippen LogP contribution in [0.25, 0.3) is 6.08 Å². The molecule has 2 aromatic rings. The molecule has 2 aromatic carbocycles. The average Bonchev–Trinajstić information content (AvgIpc) is 2.94. The number of hydrogen-bond donors (Lipinski definition) is 0. The van der Waals surface area contributed by atoms with Crippen molar-refractivity contribution in [2.45, 2.75) is 0 Å². The van der Waals surface area contributed by atoms with Crippen LogP contribution in [0, 0.1) is 0 Å². The van der Waals surface area contributed by atoms with Gasteiger partial charge in [-0.25, -0.2) is 0 Å². The van der Waals surface area contributed by atoms with Crippen LogP contribution in [0.2, 0.25) is 5.02 Å². The zero-order valence-electron chi connectivity index (χ0n) is 15.3. The number of carbonyl (C=O) groups excluding carboxylic acids is 1. The summed E-state index contributed by atoms with van der Waals surface area (Å²) in [5, 5.41) is 0.656. The number of likely N-dealkylation sites (N-methyl/N-ethyl adjacent to an activating group) is 1. The highest BCUT2D eigenvalue weighted by Crippen LogP contribution is 2.34. The third-order valence-electron chi connectivity index (χ3n) is 3.91. The van der Waals surface area contributed by atoms with E-state index in [1.54, 1.807) is 56.6 Å². The van der Waals surface area contributed by atoms with E-state index in [0.29, 0.717) is 39.0 Å². The van der Waals surface area contributed by atoms with Crippen molar-refractivity contribution in [2.24, 2.45) is 0 Å². The maximum absolute atomic E-state index is 12.3. The Morgan fingerprint density at radius 2 is 1.79 bits per heavy atom. The van der Waals surface area contributed by atoms with Gasteiger partial charge in [-0.3, -0.25) is 9.69 Å². The van der Waals surface area contributed by atoms with Crippen LogP contribution in [0.5, 0.6) is 17.2 Å². The Morgan fingerprint density at radius 1 is 1.11 bits per heavy atom. The number of ether oxygens (including phenoxy) is 3. The number of rotatable bonds is 7. The van der Waals surface area contributed by atoms with Gasteiger partial charge in [-0.1, -0.05) is 35.6 Å². The van der Waals surface area contributed by atoms with Crippen LogP contribution in [0.3, 0.4) is 0 Å². The summed E-state index contributed by atoms with van der Waals surface area (Å²) < 4.78 is 17.3. The molecule has 1 fully saturated rings. The topological polar surface area (TPSA) is 48.0 Å². The molecule has 1 saturated heterocycles. The molecule has 5 nitrogen and oxygen atoms in total. The first-order chi connectivity index (χ1) is 13.5. The molecule has 0 aliphatic carbocycles. The van der Waals surface area contributed by atoms with Crippen LogP contribution in [0.15, 0.2) is 47.4 Å². The normalized spacial score (nSPS) is 15.2. The van der Waals surface area contributed by atoms with E-state index in [2.05, 4.69) is 0 Å². The summed E-state index contributed by atoms with van der Waals surface area (Å²) in [4.78, 5) is 14.3. The van der Waals surface area contributed by atoms with Crippen molar-refractivity contribution >= 4 is 51.9 Å². The molecule has 0 radical (unpaired) electrons. The van der Waals surface area contributed by atoms with Gasteiger partial charge in [0.15, 0.2) is 0 Å². The quantitative estimate of drug-likeness (QED) is 0.359. The van der Waals surface area contributed by atoms with Gasteiger partial charge in [0.25, 0.3) is 5.91 Å². The minimum absolute atomic E-state index is 0.130. The summed E-state index contributed by atoms with van der Waals surface area (Å²) in [6, 6.07) is 12.6. The first-order valence-electron chi connectivity index (χ1n) is 8.38. The van der Waals surface area contributed by atoms with Crippen molar-refractivity contribution in [3.63, 3.8) is 0 Å². The number of amides is 1. The molecule has 1 amide bonds. The molecule has 1 aliphatic rings. The van der Waals surface area contributed by atoms with Crippen LogP contribution in [0.1, 0.15) is 5.56 Å². The van der Waals surface area contributed by atoms with Gasteiger partial charge < -0.3 is 14.2 Å². The second kappa shape index (κ2) is 9.32. The third-order valence-corrected chi connectivity index (χ3v) is 5.65. The zero-order chi connectivity index (χ0) is 20.1. The van der Waals surface area contributed by atoms with Crippen LogP contribution in [0.4, 0.5) is 0 Å². The SMILES string of the molecule is COc1ccc(OCCOc2ccc(Cl)cc2)c(/C=C2\SC(=S)N(C)C2=O)c1. The molecule has 0 saturated carbocycles. The second-order valence-electron chi connectivity index (χ2n) is 5.80. The molecule has 0 atom stereocenters. The molecule has 0 N–H and O–H groups in total. The standard InChI is InChI=1S/C20H18ClNO4S2/c1-22-19(23)18(28-20(22)27)12-13-11-16(24-2)7-8-17(13)26-10-9-25-15-5-3-14(21)4-6-15/h3-8,11-12H,9-10H2,1-2H3/b18-12-. The van der Waals surface area contributed by atoms with Gasteiger partial charge >= 0.3 is 0 Å². The predicted octanol–water partition coefficient (Wildman–Crippen LogP) is 4.64. The molecular weight excluding hydrogens is 418 g/mol. The Morgan fingerprint density at radius 3 is 2.43 bits per heavy atom. The van der Waals surface area contributed by atoms with E-state index in [0.717, 1.165) is 11.3 Å². The maximum Gasteiger partial charge on any atom is 0.265 e. The number of methoxy groups -OCH3 is 1. The summed E-state index contributed by atoms with van der Waals surface area (Å²) in [6.45, 7) is 0.703. The van der Waals surface area contributed by atoms with Crippen LogP contribution < -0.4 is 14.2 Å². The molecule has 28 heavy (non-hydrogen) atoms. The molecule has 1 heterocycles. The smallest absolute Gasteiger partial charge is 0.265 e. The van der Waals surface area contributed by atoms with E-state index in [4.69, 9.17) is 38.0 Å². The third kappa shape index (κ3) is 4.98. The highest BCUT2D eigenvalue weighted by atomic mass is 35.5. The minimum Gasteiger partial charge on any atom is -0.497 e. The fourth-order valence-electron chi connectivity index (χ4n) is 2.43. The Hall–Kier alpha value is -2.22. The number of benzene rings is 2. The zero-order valence-corrected chi connectivity index (χ0v) is 17.7. The fourth-order valence-corrected chi connectivity index (χ4v) is 3.72. The number of halogens is 1. The highest BCUT2D eigenvalue weighted by molar-refractivity contribution is 8.26. The molecule has 0 bridgehead atoms. The Bertz CT molecular complexity index is 915. The van der Waals surface area contributed by atoms with Gasteiger partial charge in [-0.15, -0.1) is 0 Å². The first kappa shape index (κ1) is 20.5. The van der Waals surface area contributed by atoms with Gasteiger partial charge in [0.05, 0.1) is 12.0 Å². The Labute approximate surface area is 178 Å². The molecule has 1 aliphatic heterocycles. The van der Waals surface area contributed by atoms with Crippen molar-refractivity contribution in [2.75, 3.05) is 27.4 Å². The Balaban J connectivity index is 1.69. The highest BCUT2D eigenvalue weighted by Gasteiger charge is 2.29. The number of thioether (sulfide) groups is 1. The number of thiocarbonyl (C=S) groups is 1. The van der Waals surface area contributed by atoms with E-state index in [1.165, 1.54) is 16.7 Å². The van der Waals surface area contributed by atoms with Crippen LogP contribution in [-0.2, 0) is 4.79 Å². The van der Waals surface area contributed by atoms with Crippen molar-refractivity contribution in [1.82, 2.24) is 4.90 Å². The lowest BCUT2D eigenvalue weighted by atomic mass is 10.1. The molecule has 0 aromatic heterocycles. The summed E-state index contributed by atoms with van der Waals surface area (Å²) >= 11 is 12.3. The van der Waals surface area contributed by atoms with Crippen molar-refractivity contribution in [3.05, 3.63) is 58.0 Å². The summed E-state index contributed by atoms with van der Waals surface area (Å²) in [7, 11) is 3.25. The van der Waals surface area contributed by atoms with Crippen LogP contribution in [-0.4, -0.2) is 42.5 Å². The van der Waals surface area contributed by atoms with E-state index >= 15 is 0 Å². The fraction of sp³-hybridized carbons (Fsp3) is 0.200. The lowest BCUT2D eigenvalue weighted by Crippen LogP contribution is -2.22. The monoisotopic (exact) mass is 435 g/mol. The predicted molar refractivity (Wildman–Crippen MR) is 116 cm³/mol. The molecule has 3 rings (SSSR count). The van der Waals surface area contributed by atoms with Crippen molar-refractivity contribution in [1.29, 1.82) is 0 Å². The molecule has 8 heteroatoms. The van der Waals surface area contributed by atoms with E-state index in [-0.39, 0.29) is 5.91 Å². The largest absolute Gasteiger partial charge is 0.497 e. The number of hydrogen-bond acceptors (Lipinski definition) is 6. The van der Waals surface area contributed by atoms with Gasteiger partial charge in [-0.05, 0) is 48.5 Å². The van der Waals surface area contributed by atoms with Gasteiger partial charge in [0.1, 0.15) is 34.8 Å². The van der Waals surface area contributed by atoms with Crippen LogP contribution >= 0.6 is 35.6 Å². The maximum atomic E-state index is 12.3. The molecular formula is C20H18ClNO4S2. The Kier molecular flexibility index (Phi) is 6.83. The number of carbonyl (C=O) groups is 1. The van der Waals surface area contributed by atoms with Crippen molar-refractivity contribution in [3.8, 4) is 17.2 Å². The summed E-state index contributed by atoms with van der Waals surface area (Å²) in [5.74, 6) is 1.88.